The molecule has 0 radical (unpaired) electrons. The van der Waals surface area contributed by atoms with Gasteiger partial charge in [0, 0.05) is 0 Å². The predicted octanol–water partition coefficient (Wildman–Crippen LogP) is 0.0394. The second-order valence-electron chi connectivity index (χ2n) is 3.92. The molecule has 1 aliphatic heterocycles. The van der Waals surface area contributed by atoms with Gasteiger partial charge in [-0.2, -0.15) is 0 Å². The van der Waals surface area contributed by atoms with Crippen LogP contribution in [-0.2, 0) is 4.79 Å². The van der Waals surface area contributed by atoms with Crippen LogP contribution in [0.25, 0.3) is 0 Å². The molecule has 2 rings (SSSR count). The maximum absolute atomic E-state index is 11.3. The van der Waals surface area contributed by atoms with Crippen molar-refractivity contribution in [3.05, 3.63) is 18.5 Å². The number of hydrogen-bond acceptors (Lipinski definition) is 5. The molecule has 2 heterocycles. The van der Waals surface area contributed by atoms with Gasteiger partial charge in [-0.25, -0.2) is 15.0 Å². The first-order chi connectivity index (χ1) is 7.79. The minimum atomic E-state index is -0.861. The molecule has 16 heavy (non-hydrogen) atoms. The second kappa shape index (κ2) is 4.98. The molecule has 6 heteroatoms. The molecule has 86 valence electrons. The number of carboxylic acid groups (broad SMARTS) is 1. The van der Waals surface area contributed by atoms with Gasteiger partial charge in [-0.15, -0.1) is 0 Å². The third-order valence-electron chi connectivity index (χ3n) is 2.86. The molecule has 0 bridgehead atoms. The van der Waals surface area contributed by atoms with E-state index >= 15 is 0 Å². The average Bonchev–Trinajstić information content (AvgIpc) is 2.31. The Morgan fingerprint density at radius 3 is 2.81 bits per heavy atom. The molecule has 0 saturated carbocycles. The first-order valence-corrected chi connectivity index (χ1v) is 5.34. The molecule has 1 aromatic heterocycles. The molecule has 1 aromatic rings. The van der Waals surface area contributed by atoms with E-state index in [1.165, 1.54) is 12.7 Å². The van der Waals surface area contributed by atoms with Crippen LogP contribution in [0.2, 0.25) is 0 Å². The minimum Gasteiger partial charge on any atom is -0.481 e. The second-order valence-corrected chi connectivity index (χ2v) is 3.92. The van der Waals surface area contributed by atoms with E-state index in [9.17, 15) is 9.90 Å². The zero-order chi connectivity index (χ0) is 11.4. The number of hydrogen-bond donors (Lipinski definition) is 2. The third kappa shape index (κ3) is 2.33. The van der Waals surface area contributed by atoms with E-state index in [0.717, 1.165) is 19.4 Å². The van der Waals surface area contributed by atoms with Crippen LogP contribution in [-0.4, -0.2) is 39.1 Å². The van der Waals surface area contributed by atoms with Crippen molar-refractivity contribution in [2.45, 2.75) is 18.8 Å². The summed E-state index contributed by atoms with van der Waals surface area (Å²) in [5.41, 5.74) is 0. The average molecular weight is 222 g/mol. The summed E-state index contributed by atoms with van der Waals surface area (Å²) in [6, 6.07) is 0. The molecule has 2 unspecified atom stereocenters. The van der Waals surface area contributed by atoms with Crippen LogP contribution < -0.4 is 5.32 Å². The van der Waals surface area contributed by atoms with Gasteiger partial charge in [-0.05, 0) is 31.8 Å². The Morgan fingerprint density at radius 1 is 1.50 bits per heavy atom. The highest BCUT2D eigenvalue weighted by Crippen LogP contribution is 2.27. The highest BCUT2D eigenvalue weighted by molar-refractivity contribution is 5.75. The van der Waals surface area contributed by atoms with Crippen molar-refractivity contribution >= 4 is 5.97 Å². The summed E-state index contributed by atoms with van der Waals surface area (Å²) >= 11 is 0. The number of aromatic nitrogens is 3. The fourth-order valence-corrected chi connectivity index (χ4v) is 2.09. The van der Waals surface area contributed by atoms with Gasteiger partial charge in [-0.3, -0.25) is 4.79 Å². The Bertz CT molecular complexity index is 351. The fourth-order valence-electron chi connectivity index (χ4n) is 2.09. The molecular weight excluding hydrogens is 208 g/mol. The molecule has 6 nitrogen and oxygen atoms in total. The molecule has 0 aromatic carbocycles. The van der Waals surface area contributed by atoms with Crippen molar-refractivity contribution < 1.29 is 9.90 Å². The van der Waals surface area contributed by atoms with E-state index in [0.29, 0.717) is 12.4 Å². The molecular formula is C10H14N4O2. The van der Waals surface area contributed by atoms with Gasteiger partial charge >= 0.3 is 5.97 Å². The molecule has 0 aliphatic carbocycles. The van der Waals surface area contributed by atoms with Crippen molar-refractivity contribution in [1.82, 2.24) is 20.3 Å². The maximum atomic E-state index is 11.3. The lowest BCUT2D eigenvalue weighted by Crippen LogP contribution is -2.36. The highest BCUT2D eigenvalue weighted by atomic mass is 16.4. The van der Waals surface area contributed by atoms with E-state index in [1.54, 1.807) is 0 Å². The zero-order valence-electron chi connectivity index (χ0n) is 8.83. The molecule has 0 amide bonds. The standard InChI is InChI=1S/C10H14N4O2/c15-10(16)8(7-2-1-3-11-4-7)9-13-5-12-6-14-9/h5-8,11H,1-4H2,(H,15,16). The van der Waals surface area contributed by atoms with Crippen molar-refractivity contribution in [2.24, 2.45) is 5.92 Å². The number of rotatable bonds is 3. The zero-order valence-corrected chi connectivity index (χ0v) is 8.83. The van der Waals surface area contributed by atoms with Gasteiger partial charge in [0.05, 0.1) is 0 Å². The summed E-state index contributed by atoms with van der Waals surface area (Å²) in [7, 11) is 0. The lowest BCUT2D eigenvalue weighted by atomic mass is 9.85. The number of aliphatic carboxylic acids is 1. The van der Waals surface area contributed by atoms with E-state index < -0.39 is 11.9 Å². The number of carboxylic acids is 1. The van der Waals surface area contributed by atoms with Crippen molar-refractivity contribution in [3.63, 3.8) is 0 Å². The lowest BCUT2D eigenvalue weighted by molar-refractivity contribution is -0.140. The smallest absolute Gasteiger partial charge is 0.314 e. The Labute approximate surface area is 93.1 Å². The summed E-state index contributed by atoms with van der Waals surface area (Å²) in [6.07, 6.45) is 4.58. The van der Waals surface area contributed by atoms with E-state index in [-0.39, 0.29) is 5.92 Å². The lowest BCUT2D eigenvalue weighted by Gasteiger charge is -2.26. The largest absolute Gasteiger partial charge is 0.481 e. The minimum absolute atomic E-state index is 0.0636. The quantitative estimate of drug-likeness (QED) is 0.750. The Hall–Kier alpha value is -1.56. The van der Waals surface area contributed by atoms with Gasteiger partial charge in [0.1, 0.15) is 24.4 Å². The molecule has 2 N–H and O–H groups in total. The molecule has 1 saturated heterocycles. The van der Waals surface area contributed by atoms with Crippen molar-refractivity contribution in [3.8, 4) is 0 Å². The topological polar surface area (TPSA) is 88.0 Å². The number of nitrogens with one attached hydrogen (secondary N) is 1. The van der Waals surface area contributed by atoms with E-state index in [1.807, 2.05) is 0 Å². The summed E-state index contributed by atoms with van der Waals surface area (Å²) in [5, 5.41) is 12.5. The van der Waals surface area contributed by atoms with Crippen LogP contribution in [0.5, 0.6) is 0 Å². The van der Waals surface area contributed by atoms with E-state index in [2.05, 4.69) is 20.3 Å². The highest BCUT2D eigenvalue weighted by Gasteiger charge is 2.32. The van der Waals surface area contributed by atoms with Crippen LogP contribution in [0, 0.1) is 5.92 Å². The van der Waals surface area contributed by atoms with Crippen molar-refractivity contribution in [1.29, 1.82) is 0 Å². The molecule has 0 spiro atoms. The summed E-state index contributed by atoms with van der Waals surface area (Å²) in [5.74, 6) is -1.07. The van der Waals surface area contributed by atoms with Crippen LogP contribution >= 0.6 is 0 Å². The number of nitrogens with zero attached hydrogens (tertiary/aromatic N) is 3. The summed E-state index contributed by atoms with van der Waals surface area (Å²) < 4.78 is 0. The Balaban J connectivity index is 2.20. The molecule has 2 atom stereocenters. The molecule has 1 aliphatic rings. The number of piperidine rings is 1. The Kier molecular flexibility index (Phi) is 3.40. The first-order valence-electron chi connectivity index (χ1n) is 5.34. The maximum Gasteiger partial charge on any atom is 0.314 e. The SMILES string of the molecule is O=C(O)C(c1ncncn1)C1CCCNC1. The van der Waals surface area contributed by atoms with Gasteiger partial charge in [-0.1, -0.05) is 0 Å². The van der Waals surface area contributed by atoms with Gasteiger partial charge in [0.25, 0.3) is 0 Å². The van der Waals surface area contributed by atoms with Gasteiger partial charge < -0.3 is 10.4 Å². The van der Waals surface area contributed by atoms with Crippen LogP contribution in [0.1, 0.15) is 24.6 Å². The summed E-state index contributed by atoms with van der Waals surface area (Å²) in [6.45, 7) is 1.67. The normalized spacial score (nSPS) is 22.6. The number of carbonyl (C=O) groups is 1. The molecule has 1 fully saturated rings. The summed E-state index contributed by atoms with van der Waals surface area (Å²) in [4.78, 5) is 22.9. The Morgan fingerprint density at radius 2 is 2.25 bits per heavy atom. The van der Waals surface area contributed by atoms with Crippen LogP contribution in [0.15, 0.2) is 12.7 Å². The fraction of sp³-hybridized carbons (Fsp3) is 0.600. The van der Waals surface area contributed by atoms with Gasteiger partial charge in [0.2, 0.25) is 0 Å². The monoisotopic (exact) mass is 222 g/mol. The van der Waals surface area contributed by atoms with E-state index in [4.69, 9.17) is 0 Å². The predicted molar refractivity (Wildman–Crippen MR) is 55.8 cm³/mol. The van der Waals surface area contributed by atoms with Crippen LogP contribution in [0.4, 0.5) is 0 Å². The third-order valence-corrected chi connectivity index (χ3v) is 2.86. The first kappa shape index (κ1) is 10.9. The van der Waals surface area contributed by atoms with Gasteiger partial charge in [0.15, 0.2) is 0 Å². The van der Waals surface area contributed by atoms with Crippen molar-refractivity contribution in [2.75, 3.05) is 13.1 Å². The van der Waals surface area contributed by atoms with Crippen LogP contribution in [0.3, 0.4) is 0 Å².